The average Bonchev–Trinajstić information content (AvgIpc) is 2.12. The number of hydrogen-bond donors (Lipinski definition) is 0. The van der Waals surface area contributed by atoms with Gasteiger partial charge in [0.25, 0.3) is 0 Å². The number of pyridine rings is 1. The van der Waals surface area contributed by atoms with Gasteiger partial charge in [0.15, 0.2) is 5.65 Å². The van der Waals surface area contributed by atoms with Gasteiger partial charge in [0.1, 0.15) is 0 Å². The van der Waals surface area contributed by atoms with E-state index >= 15 is 0 Å². The Morgan fingerprint density at radius 3 is 2.83 bits per heavy atom. The van der Waals surface area contributed by atoms with Crippen LogP contribution in [0.3, 0.4) is 0 Å². The van der Waals surface area contributed by atoms with Crippen LogP contribution in [0.1, 0.15) is 11.3 Å². The molecule has 0 aliphatic heterocycles. The van der Waals surface area contributed by atoms with Gasteiger partial charge in [0.05, 0.1) is 5.69 Å². The molecule has 2 aromatic rings. The van der Waals surface area contributed by atoms with Gasteiger partial charge in [-0.15, -0.1) is 5.10 Å². The molecule has 0 bridgehead atoms. The third-order valence-corrected chi connectivity index (χ3v) is 2.03. The van der Waals surface area contributed by atoms with E-state index in [9.17, 15) is 0 Å². The third-order valence-electron chi connectivity index (χ3n) is 2.03. The number of hydrogen-bond acceptors (Lipinski definition) is 3. The highest BCUT2D eigenvalue weighted by atomic mass is 15.1. The first kappa shape index (κ1) is 7.16. The molecule has 2 heterocycles. The highest BCUT2D eigenvalue weighted by Gasteiger charge is 2.01. The highest BCUT2D eigenvalue weighted by Crippen LogP contribution is 2.14. The maximum atomic E-state index is 4.11. The summed E-state index contributed by atoms with van der Waals surface area (Å²) in [4.78, 5) is 4.11. The van der Waals surface area contributed by atoms with Gasteiger partial charge in [-0.05, 0) is 31.5 Å². The maximum Gasteiger partial charge on any atom is 0.182 e. The molecule has 2 aromatic heterocycles. The predicted molar refractivity (Wildman–Crippen MR) is 46.8 cm³/mol. The van der Waals surface area contributed by atoms with E-state index in [-0.39, 0.29) is 0 Å². The van der Waals surface area contributed by atoms with E-state index < -0.39 is 0 Å². The van der Waals surface area contributed by atoms with Crippen molar-refractivity contribution in [2.75, 3.05) is 0 Å². The van der Waals surface area contributed by atoms with Crippen LogP contribution in [0, 0.1) is 13.8 Å². The smallest absolute Gasteiger partial charge is 0.182 e. The second-order valence-corrected chi connectivity index (χ2v) is 2.78. The molecule has 0 aliphatic carbocycles. The molecule has 0 amide bonds. The van der Waals surface area contributed by atoms with E-state index in [1.54, 1.807) is 6.20 Å². The minimum atomic E-state index is 0.723. The summed E-state index contributed by atoms with van der Waals surface area (Å²) in [6.07, 6.45) is 1.73. The van der Waals surface area contributed by atoms with Gasteiger partial charge in [-0.2, -0.15) is 5.10 Å². The van der Waals surface area contributed by atoms with Crippen LogP contribution in [-0.2, 0) is 0 Å². The van der Waals surface area contributed by atoms with Gasteiger partial charge in [-0.1, -0.05) is 0 Å². The summed E-state index contributed by atoms with van der Waals surface area (Å²) in [7, 11) is 0. The van der Waals surface area contributed by atoms with Gasteiger partial charge >= 0.3 is 0 Å². The van der Waals surface area contributed by atoms with E-state index in [0.29, 0.717) is 0 Å². The molecule has 3 heteroatoms. The lowest BCUT2D eigenvalue weighted by atomic mass is 10.1. The summed E-state index contributed by atoms with van der Waals surface area (Å²) < 4.78 is 0. The second kappa shape index (κ2) is 2.52. The minimum absolute atomic E-state index is 0.723. The first-order chi connectivity index (χ1) is 5.79. The standard InChI is InChI=1S/C9H9N3/c1-6-7(2)11-12-9-8(6)4-3-5-10-9/h3-5H,1-2H3. The van der Waals surface area contributed by atoms with Crippen molar-refractivity contribution >= 4 is 11.0 Å². The van der Waals surface area contributed by atoms with Crippen molar-refractivity contribution in [3.63, 3.8) is 0 Å². The molecule has 12 heavy (non-hydrogen) atoms. The summed E-state index contributed by atoms with van der Waals surface area (Å²) in [6, 6.07) is 3.93. The number of nitrogens with zero attached hydrogens (tertiary/aromatic N) is 3. The summed E-state index contributed by atoms with van der Waals surface area (Å²) in [5.41, 5.74) is 2.85. The summed E-state index contributed by atoms with van der Waals surface area (Å²) >= 11 is 0. The molecule has 0 aliphatic rings. The lowest BCUT2D eigenvalue weighted by molar-refractivity contribution is 0.984. The molecule has 3 nitrogen and oxygen atoms in total. The van der Waals surface area contributed by atoms with Crippen LogP contribution in [0.15, 0.2) is 18.3 Å². The first-order valence-electron chi connectivity index (χ1n) is 3.83. The monoisotopic (exact) mass is 159 g/mol. The van der Waals surface area contributed by atoms with E-state index in [2.05, 4.69) is 15.2 Å². The Hall–Kier alpha value is -1.51. The third kappa shape index (κ3) is 0.942. The Morgan fingerprint density at radius 2 is 2.00 bits per heavy atom. The summed E-state index contributed by atoms with van der Waals surface area (Å²) in [5.74, 6) is 0. The number of rotatable bonds is 0. The minimum Gasteiger partial charge on any atom is -0.235 e. The molecule has 2 rings (SSSR count). The van der Waals surface area contributed by atoms with Gasteiger partial charge in [0.2, 0.25) is 0 Å². The van der Waals surface area contributed by atoms with Gasteiger partial charge in [0, 0.05) is 11.6 Å². The van der Waals surface area contributed by atoms with Crippen molar-refractivity contribution in [2.24, 2.45) is 0 Å². The van der Waals surface area contributed by atoms with Crippen LogP contribution in [0.25, 0.3) is 11.0 Å². The molecular formula is C9H9N3. The van der Waals surface area contributed by atoms with Crippen molar-refractivity contribution in [1.82, 2.24) is 15.2 Å². The highest BCUT2D eigenvalue weighted by molar-refractivity contribution is 5.77. The lowest BCUT2D eigenvalue weighted by Crippen LogP contribution is -1.94. The molecule has 0 N–H and O–H groups in total. The number of aryl methyl sites for hydroxylation is 2. The maximum absolute atomic E-state index is 4.11. The Bertz CT molecular complexity index is 423. The number of fused-ring (bicyclic) bond motifs is 1. The van der Waals surface area contributed by atoms with Crippen LogP contribution in [0.2, 0.25) is 0 Å². The second-order valence-electron chi connectivity index (χ2n) is 2.78. The van der Waals surface area contributed by atoms with Crippen LogP contribution in [0.4, 0.5) is 0 Å². The van der Waals surface area contributed by atoms with Gasteiger partial charge in [-0.25, -0.2) is 4.98 Å². The average molecular weight is 159 g/mol. The van der Waals surface area contributed by atoms with E-state index in [4.69, 9.17) is 0 Å². The predicted octanol–water partition coefficient (Wildman–Crippen LogP) is 1.64. The molecular weight excluding hydrogens is 150 g/mol. The normalized spacial score (nSPS) is 10.5. The SMILES string of the molecule is Cc1nnc2ncccc2c1C. The zero-order valence-corrected chi connectivity index (χ0v) is 7.07. The first-order valence-corrected chi connectivity index (χ1v) is 3.83. The van der Waals surface area contributed by atoms with Gasteiger partial charge in [-0.3, -0.25) is 0 Å². The lowest BCUT2D eigenvalue weighted by Gasteiger charge is -2.00. The molecule has 0 atom stereocenters. The Labute approximate surface area is 70.5 Å². The van der Waals surface area contributed by atoms with Crippen molar-refractivity contribution in [1.29, 1.82) is 0 Å². The van der Waals surface area contributed by atoms with E-state index in [1.807, 2.05) is 26.0 Å². The van der Waals surface area contributed by atoms with Crippen LogP contribution in [0.5, 0.6) is 0 Å². The van der Waals surface area contributed by atoms with Crippen LogP contribution in [-0.4, -0.2) is 15.2 Å². The molecule has 0 saturated carbocycles. The zero-order valence-electron chi connectivity index (χ0n) is 7.07. The molecule has 0 radical (unpaired) electrons. The molecule has 0 fully saturated rings. The topological polar surface area (TPSA) is 38.7 Å². The Morgan fingerprint density at radius 1 is 1.17 bits per heavy atom. The number of aromatic nitrogens is 3. The molecule has 0 spiro atoms. The van der Waals surface area contributed by atoms with Crippen molar-refractivity contribution in [2.45, 2.75) is 13.8 Å². The Balaban J connectivity index is 2.91. The zero-order chi connectivity index (χ0) is 8.55. The van der Waals surface area contributed by atoms with Crippen LogP contribution < -0.4 is 0 Å². The van der Waals surface area contributed by atoms with Crippen molar-refractivity contribution in [3.05, 3.63) is 29.6 Å². The van der Waals surface area contributed by atoms with Crippen LogP contribution >= 0.6 is 0 Å². The van der Waals surface area contributed by atoms with E-state index in [0.717, 1.165) is 22.3 Å². The molecule has 0 unspecified atom stereocenters. The fourth-order valence-corrected chi connectivity index (χ4v) is 1.16. The molecule has 0 saturated heterocycles. The summed E-state index contributed by atoms with van der Waals surface area (Å²) in [6.45, 7) is 3.99. The fourth-order valence-electron chi connectivity index (χ4n) is 1.16. The molecule has 0 aromatic carbocycles. The van der Waals surface area contributed by atoms with Gasteiger partial charge < -0.3 is 0 Å². The quantitative estimate of drug-likeness (QED) is 0.586. The Kier molecular flexibility index (Phi) is 1.50. The fraction of sp³-hybridized carbons (Fsp3) is 0.222. The summed E-state index contributed by atoms with van der Waals surface area (Å²) in [5, 5.41) is 9.06. The van der Waals surface area contributed by atoms with E-state index in [1.165, 1.54) is 0 Å². The largest absolute Gasteiger partial charge is 0.235 e. The van der Waals surface area contributed by atoms with Crippen molar-refractivity contribution < 1.29 is 0 Å². The van der Waals surface area contributed by atoms with Crippen molar-refractivity contribution in [3.8, 4) is 0 Å². The molecule has 60 valence electrons.